The Hall–Kier alpha value is -3.26. The van der Waals surface area contributed by atoms with Crippen LogP contribution >= 0.6 is 0 Å². The Kier molecular flexibility index (Phi) is 8.98. The van der Waals surface area contributed by atoms with Crippen LogP contribution in [0.15, 0.2) is 36.4 Å². The predicted octanol–water partition coefficient (Wildman–Crippen LogP) is 6.28. The third kappa shape index (κ3) is 5.88. The van der Waals surface area contributed by atoms with Crippen molar-refractivity contribution < 1.29 is 23.4 Å². The molecule has 3 aromatic rings. The SMILES string of the molecule is CC.N=Cc1cc2c(cc1N)cc(C1CCOCC1)n2-c1ccc(F)c(F)c1.O=C(O)C1CCC1. The molecule has 0 unspecified atom stereocenters. The average molecular weight is 486 g/mol. The van der Waals surface area contributed by atoms with E-state index in [0.717, 1.165) is 54.8 Å². The maximum Gasteiger partial charge on any atom is 0.306 e. The molecule has 0 spiro atoms. The Morgan fingerprint density at radius 3 is 2.29 bits per heavy atom. The standard InChI is InChI=1S/C20H19F2N3O.C5H8O2.C2H6/c21-16-2-1-15(10-17(16)22)25-19(12-3-5-26-6-4-12)8-13-7-18(24)14(11-23)9-20(13)25;6-5(7)4-2-1-3-4;1-2/h1-2,7-12,23H,3-6,24H2;4H,1-3H2,(H,6,7);1-2H3. The van der Waals surface area contributed by atoms with Gasteiger partial charge in [0, 0.05) is 59.4 Å². The third-order valence-electron chi connectivity index (χ3n) is 6.45. The number of hydrogen-bond acceptors (Lipinski definition) is 4. The van der Waals surface area contributed by atoms with Crippen molar-refractivity contribution in [3.8, 4) is 5.69 Å². The fourth-order valence-corrected chi connectivity index (χ4v) is 4.30. The van der Waals surface area contributed by atoms with Crippen molar-refractivity contribution in [3.05, 3.63) is 59.3 Å². The summed E-state index contributed by atoms with van der Waals surface area (Å²) in [5.41, 5.74) is 9.55. The number of aromatic nitrogens is 1. The molecule has 0 atom stereocenters. The number of carbonyl (C=O) groups is 1. The van der Waals surface area contributed by atoms with E-state index in [0.29, 0.717) is 30.2 Å². The second kappa shape index (κ2) is 11.9. The van der Waals surface area contributed by atoms with E-state index >= 15 is 0 Å². The van der Waals surface area contributed by atoms with E-state index in [4.69, 9.17) is 21.0 Å². The van der Waals surface area contributed by atoms with Crippen LogP contribution in [0.5, 0.6) is 0 Å². The van der Waals surface area contributed by atoms with E-state index in [1.807, 2.05) is 30.5 Å². The Morgan fingerprint density at radius 1 is 1.09 bits per heavy atom. The maximum absolute atomic E-state index is 13.9. The fraction of sp³-hybridized carbons (Fsp3) is 0.407. The number of nitrogens with zero attached hydrogens (tertiary/aromatic N) is 1. The first-order chi connectivity index (χ1) is 16.9. The van der Waals surface area contributed by atoms with E-state index in [9.17, 15) is 13.6 Å². The average Bonchev–Trinajstić information content (AvgIpc) is 3.19. The largest absolute Gasteiger partial charge is 0.481 e. The molecule has 2 aliphatic rings. The number of rotatable bonds is 4. The number of anilines is 1. The van der Waals surface area contributed by atoms with Crippen LogP contribution in [-0.4, -0.2) is 35.1 Å². The number of ether oxygens (including phenoxy) is 1. The third-order valence-corrected chi connectivity index (χ3v) is 6.45. The molecule has 6 nitrogen and oxygen atoms in total. The van der Waals surface area contributed by atoms with Crippen LogP contribution in [0.25, 0.3) is 16.6 Å². The number of benzene rings is 2. The van der Waals surface area contributed by atoms with Crippen molar-refractivity contribution in [1.29, 1.82) is 5.41 Å². The van der Waals surface area contributed by atoms with Crippen LogP contribution in [0.3, 0.4) is 0 Å². The fourth-order valence-electron chi connectivity index (χ4n) is 4.30. The molecule has 2 fully saturated rings. The van der Waals surface area contributed by atoms with Gasteiger partial charge in [0.05, 0.1) is 11.4 Å². The van der Waals surface area contributed by atoms with Crippen LogP contribution < -0.4 is 5.73 Å². The molecule has 5 rings (SSSR count). The zero-order chi connectivity index (χ0) is 25.5. The van der Waals surface area contributed by atoms with Crippen molar-refractivity contribution >= 4 is 28.8 Å². The lowest BCUT2D eigenvalue weighted by molar-refractivity contribution is -0.144. The smallest absolute Gasteiger partial charge is 0.306 e. The normalized spacial score (nSPS) is 15.9. The molecule has 1 saturated heterocycles. The van der Waals surface area contributed by atoms with Gasteiger partial charge in [0.15, 0.2) is 11.6 Å². The lowest BCUT2D eigenvalue weighted by atomic mass is 9.86. The van der Waals surface area contributed by atoms with E-state index < -0.39 is 17.6 Å². The highest BCUT2D eigenvalue weighted by Gasteiger charge is 2.24. The van der Waals surface area contributed by atoms with Gasteiger partial charge in [-0.05, 0) is 56.0 Å². The molecule has 2 heterocycles. The minimum atomic E-state index is -0.884. The number of nitrogen functional groups attached to an aromatic ring is 1. The van der Waals surface area contributed by atoms with Crippen LogP contribution in [0, 0.1) is 23.0 Å². The van der Waals surface area contributed by atoms with Gasteiger partial charge in [0.2, 0.25) is 0 Å². The summed E-state index contributed by atoms with van der Waals surface area (Å²) in [5, 5.41) is 16.7. The number of halogens is 2. The minimum absolute atomic E-state index is 0.000000000000000444. The second-order valence-corrected chi connectivity index (χ2v) is 8.54. The zero-order valence-electron chi connectivity index (χ0n) is 20.2. The topological polar surface area (TPSA) is 101 Å². The summed E-state index contributed by atoms with van der Waals surface area (Å²) in [6, 6.07) is 9.62. The van der Waals surface area contributed by atoms with Gasteiger partial charge >= 0.3 is 5.97 Å². The molecule has 1 aliphatic heterocycles. The molecule has 1 aromatic heterocycles. The monoisotopic (exact) mass is 485 g/mol. The first kappa shape index (κ1) is 26.3. The number of nitrogens with one attached hydrogen (secondary N) is 1. The van der Waals surface area contributed by atoms with Crippen molar-refractivity contribution in [2.24, 2.45) is 5.92 Å². The minimum Gasteiger partial charge on any atom is -0.481 e. The summed E-state index contributed by atoms with van der Waals surface area (Å²) in [4.78, 5) is 9.98. The molecule has 0 amide bonds. The number of nitrogens with two attached hydrogens (primary N) is 1. The highest BCUT2D eigenvalue weighted by Crippen LogP contribution is 2.36. The van der Waals surface area contributed by atoms with Crippen LogP contribution in [-0.2, 0) is 9.53 Å². The van der Waals surface area contributed by atoms with Gasteiger partial charge in [0.25, 0.3) is 0 Å². The maximum atomic E-state index is 13.9. The Morgan fingerprint density at radius 2 is 1.77 bits per heavy atom. The molecular formula is C27H33F2N3O3. The Labute approximate surface area is 204 Å². The molecule has 0 bridgehead atoms. The van der Waals surface area contributed by atoms with Crippen LogP contribution in [0.4, 0.5) is 14.5 Å². The molecule has 8 heteroatoms. The molecule has 1 aliphatic carbocycles. The molecule has 0 radical (unpaired) electrons. The molecule has 188 valence electrons. The summed E-state index contributed by atoms with van der Waals surface area (Å²) in [5.74, 6) is -2.12. The Bertz CT molecular complexity index is 1180. The lowest BCUT2D eigenvalue weighted by Crippen LogP contribution is -2.20. The van der Waals surface area contributed by atoms with Crippen molar-refractivity contribution in [1.82, 2.24) is 4.57 Å². The lowest BCUT2D eigenvalue weighted by Gasteiger charge is -2.24. The number of carboxylic acids is 1. The zero-order valence-corrected chi connectivity index (χ0v) is 20.2. The quantitative estimate of drug-likeness (QED) is 0.299. The number of aliphatic carboxylic acids is 1. The molecular weight excluding hydrogens is 452 g/mol. The van der Waals surface area contributed by atoms with Gasteiger partial charge in [-0.1, -0.05) is 20.3 Å². The molecule has 35 heavy (non-hydrogen) atoms. The molecule has 2 aromatic carbocycles. The number of fused-ring (bicyclic) bond motifs is 1. The highest BCUT2D eigenvalue weighted by atomic mass is 19.2. The number of hydrogen-bond donors (Lipinski definition) is 3. The first-order valence-corrected chi connectivity index (χ1v) is 12.1. The van der Waals surface area contributed by atoms with Gasteiger partial charge in [0.1, 0.15) is 0 Å². The summed E-state index contributed by atoms with van der Waals surface area (Å²) in [6.45, 7) is 5.36. The predicted molar refractivity (Wildman–Crippen MR) is 135 cm³/mol. The van der Waals surface area contributed by atoms with Gasteiger partial charge < -0.3 is 25.6 Å². The van der Waals surface area contributed by atoms with Crippen molar-refractivity contribution in [3.63, 3.8) is 0 Å². The van der Waals surface area contributed by atoms with Crippen LogP contribution in [0.1, 0.15) is 63.1 Å². The van der Waals surface area contributed by atoms with Gasteiger partial charge in [-0.3, -0.25) is 4.79 Å². The van der Waals surface area contributed by atoms with Crippen molar-refractivity contribution in [2.75, 3.05) is 18.9 Å². The summed E-state index contributed by atoms with van der Waals surface area (Å²) in [7, 11) is 0. The van der Waals surface area contributed by atoms with E-state index in [1.54, 1.807) is 6.07 Å². The van der Waals surface area contributed by atoms with E-state index in [-0.39, 0.29) is 11.8 Å². The van der Waals surface area contributed by atoms with Crippen LogP contribution in [0.2, 0.25) is 0 Å². The molecule has 4 N–H and O–H groups in total. The molecule has 1 saturated carbocycles. The van der Waals surface area contributed by atoms with Crippen molar-refractivity contribution in [2.45, 2.75) is 51.9 Å². The highest BCUT2D eigenvalue weighted by molar-refractivity contribution is 5.96. The summed E-state index contributed by atoms with van der Waals surface area (Å²) in [6.07, 6.45) is 5.84. The van der Waals surface area contributed by atoms with Gasteiger partial charge in [-0.15, -0.1) is 0 Å². The first-order valence-electron chi connectivity index (χ1n) is 12.1. The van der Waals surface area contributed by atoms with E-state index in [2.05, 4.69) is 6.07 Å². The van der Waals surface area contributed by atoms with Gasteiger partial charge in [-0.25, -0.2) is 8.78 Å². The summed E-state index contributed by atoms with van der Waals surface area (Å²) >= 11 is 0. The number of carboxylic acid groups (broad SMARTS) is 1. The van der Waals surface area contributed by atoms with E-state index in [1.165, 1.54) is 12.3 Å². The summed E-state index contributed by atoms with van der Waals surface area (Å²) < 4.78 is 34.7. The van der Waals surface area contributed by atoms with Gasteiger partial charge in [-0.2, -0.15) is 0 Å². The second-order valence-electron chi connectivity index (χ2n) is 8.54. The Balaban J connectivity index is 0.000000324.